The van der Waals surface area contributed by atoms with E-state index in [1.807, 2.05) is 0 Å². The van der Waals surface area contributed by atoms with E-state index in [1.54, 1.807) is 6.92 Å². The van der Waals surface area contributed by atoms with Crippen LogP contribution in [-0.2, 0) is 0 Å². The van der Waals surface area contributed by atoms with Gasteiger partial charge in [-0.3, -0.25) is 0 Å². The van der Waals surface area contributed by atoms with Gasteiger partial charge >= 0.3 is 5.97 Å². The molecule has 88 valence electrons. The first-order chi connectivity index (χ1) is 7.47. The zero-order valence-electron chi connectivity index (χ0n) is 8.84. The van der Waals surface area contributed by atoms with Crippen LogP contribution in [0.4, 0.5) is 8.78 Å². The molecule has 3 nitrogen and oxygen atoms in total. The van der Waals surface area contributed by atoms with E-state index in [1.165, 1.54) is 0 Å². The number of carboxylic acids is 1. The van der Waals surface area contributed by atoms with Crippen molar-refractivity contribution in [3.05, 3.63) is 34.9 Å². The van der Waals surface area contributed by atoms with E-state index in [2.05, 4.69) is 0 Å². The van der Waals surface area contributed by atoms with Crippen molar-refractivity contribution in [3.63, 3.8) is 0 Å². The summed E-state index contributed by atoms with van der Waals surface area (Å²) in [5.41, 5.74) is 4.83. The molecule has 0 bridgehead atoms. The number of aromatic carboxylic acids is 1. The van der Waals surface area contributed by atoms with E-state index in [-0.39, 0.29) is 11.5 Å². The molecule has 0 aliphatic heterocycles. The van der Waals surface area contributed by atoms with E-state index < -0.39 is 23.2 Å². The molecule has 0 aromatic heterocycles. The number of halogens is 2. The van der Waals surface area contributed by atoms with E-state index >= 15 is 0 Å². The molecule has 1 atom stereocenters. The predicted octanol–water partition coefficient (Wildman–Crippen LogP) is 2.12. The summed E-state index contributed by atoms with van der Waals surface area (Å²) in [6.07, 6.45) is 0.517. The number of rotatable bonds is 4. The summed E-state index contributed by atoms with van der Waals surface area (Å²) in [4.78, 5) is 10.6. The standard InChI is InChI=1S/C11H13F2NO2/c1-6(2-3-14)7-4-10(13)8(11(15)16)5-9(7)12/h4-6H,2-3,14H2,1H3,(H,15,16). The molecule has 1 unspecified atom stereocenters. The van der Waals surface area contributed by atoms with Crippen molar-refractivity contribution in [3.8, 4) is 0 Å². The molecule has 0 aliphatic carbocycles. The van der Waals surface area contributed by atoms with Crippen molar-refractivity contribution in [1.29, 1.82) is 0 Å². The Morgan fingerprint density at radius 1 is 1.44 bits per heavy atom. The summed E-state index contributed by atoms with van der Waals surface area (Å²) in [5.74, 6) is -3.34. The van der Waals surface area contributed by atoms with Crippen molar-refractivity contribution in [1.82, 2.24) is 0 Å². The van der Waals surface area contributed by atoms with Crippen LogP contribution >= 0.6 is 0 Å². The number of hydrogen-bond acceptors (Lipinski definition) is 2. The SMILES string of the molecule is CC(CCN)c1cc(F)c(C(=O)O)cc1F. The maximum Gasteiger partial charge on any atom is 0.338 e. The first-order valence-electron chi connectivity index (χ1n) is 4.89. The maximum atomic E-state index is 13.5. The lowest BCUT2D eigenvalue weighted by molar-refractivity contribution is 0.0691. The normalized spacial score (nSPS) is 12.5. The van der Waals surface area contributed by atoms with Crippen LogP contribution in [0.3, 0.4) is 0 Å². The molecule has 1 rings (SSSR count). The zero-order valence-corrected chi connectivity index (χ0v) is 8.84. The highest BCUT2D eigenvalue weighted by molar-refractivity contribution is 5.88. The van der Waals surface area contributed by atoms with Gasteiger partial charge in [0.15, 0.2) is 0 Å². The van der Waals surface area contributed by atoms with Crippen molar-refractivity contribution in [2.45, 2.75) is 19.3 Å². The Bertz CT molecular complexity index is 407. The van der Waals surface area contributed by atoms with E-state index in [0.717, 1.165) is 6.07 Å². The van der Waals surface area contributed by atoms with Crippen molar-refractivity contribution in [2.75, 3.05) is 6.54 Å². The van der Waals surface area contributed by atoms with Gasteiger partial charge < -0.3 is 10.8 Å². The molecule has 0 amide bonds. The summed E-state index contributed by atoms with van der Waals surface area (Å²) >= 11 is 0. The minimum Gasteiger partial charge on any atom is -0.478 e. The van der Waals surface area contributed by atoms with Gasteiger partial charge in [0.2, 0.25) is 0 Å². The van der Waals surface area contributed by atoms with E-state index in [4.69, 9.17) is 10.8 Å². The third-order valence-electron chi connectivity index (χ3n) is 2.45. The lowest BCUT2D eigenvalue weighted by Gasteiger charge is -2.12. The predicted molar refractivity (Wildman–Crippen MR) is 55.4 cm³/mol. The molecule has 3 N–H and O–H groups in total. The molecule has 0 spiro atoms. The Hall–Kier alpha value is -1.49. The number of nitrogens with two attached hydrogens (primary N) is 1. The molecule has 5 heteroatoms. The van der Waals surface area contributed by atoms with Gasteiger partial charge in [0.25, 0.3) is 0 Å². The zero-order chi connectivity index (χ0) is 12.3. The van der Waals surface area contributed by atoms with Crippen LogP contribution in [-0.4, -0.2) is 17.6 Å². The Morgan fingerprint density at radius 2 is 2.06 bits per heavy atom. The first-order valence-corrected chi connectivity index (χ1v) is 4.89. The fraction of sp³-hybridized carbons (Fsp3) is 0.364. The Morgan fingerprint density at radius 3 is 2.56 bits per heavy atom. The van der Waals surface area contributed by atoms with E-state index in [0.29, 0.717) is 19.0 Å². The Labute approximate surface area is 91.9 Å². The summed E-state index contributed by atoms with van der Waals surface area (Å²) in [5, 5.41) is 8.60. The molecule has 1 aromatic rings. The maximum absolute atomic E-state index is 13.5. The fourth-order valence-electron chi connectivity index (χ4n) is 1.51. The molecular weight excluding hydrogens is 216 g/mol. The topological polar surface area (TPSA) is 63.3 Å². The number of benzene rings is 1. The molecule has 0 heterocycles. The van der Waals surface area contributed by atoms with Crippen LogP contribution < -0.4 is 5.73 Å². The minimum atomic E-state index is -1.48. The molecule has 0 fully saturated rings. The quantitative estimate of drug-likeness (QED) is 0.831. The second kappa shape index (κ2) is 5.03. The highest BCUT2D eigenvalue weighted by atomic mass is 19.1. The lowest BCUT2D eigenvalue weighted by atomic mass is 9.96. The molecule has 16 heavy (non-hydrogen) atoms. The van der Waals surface area contributed by atoms with Gasteiger partial charge in [0, 0.05) is 0 Å². The fourth-order valence-corrected chi connectivity index (χ4v) is 1.51. The average Bonchev–Trinajstić information content (AvgIpc) is 2.20. The van der Waals surface area contributed by atoms with Crippen LogP contribution in [0, 0.1) is 11.6 Å². The Kier molecular flexibility index (Phi) is 3.95. The first kappa shape index (κ1) is 12.6. The summed E-state index contributed by atoms with van der Waals surface area (Å²) in [6, 6.07) is 1.64. The van der Waals surface area contributed by atoms with Gasteiger partial charge in [0.05, 0.1) is 5.56 Å². The monoisotopic (exact) mass is 229 g/mol. The van der Waals surface area contributed by atoms with Crippen LogP contribution in [0.5, 0.6) is 0 Å². The molecular formula is C11H13F2NO2. The molecule has 0 aliphatic rings. The summed E-state index contributed by atoms with van der Waals surface area (Å²) in [6.45, 7) is 2.08. The molecule has 0 radical (unpaired) electrons. The largest absolute Gasteiger partial charge is 0.478 e. The summed E-state index contributed by atoms with van der Waals surface area (Å²) < 4.78 is 26.8. The van der Waals surface area contributed by atoms with Gasteiger partial charge in [-0.1, -0.05) is 6.92 Å². The second-order valence-corrected chi connectivity index (χ2v) is 3.64. The van der Waals surface area contributed by atoms with Gasteiger partial charge in [-0.15, -0.1) is 0 Å². The van der Waals surface area contributed by atoms with Crippen molar-refractivity contribution in [2.24, 2.45) is 5.73 Å². The number of carbonyl (C=O) groups is 1. The van der Waals surface area contributed by atoms with Gasteiger partial charge in [0.1, 0.15) is 11.6 Å². The molecule has 0 saturated heterocycles. The molecule has 1 aromatic carbocycles. The lowest BCUT2D eigenvalue weighted by Crippen LogP contribution is -2.09. The van der Waals surface area contributed by atoms with E-state index in [9.17, 15) is 13.6 Å². The van der Waals surface area contributed by atoms with Crippen molar-refractivity contribution >= 4 is 5.97 Å². The number of carboxylic acid groups (broad SMARTS) is 1. The highest BCUT2D eigenvalue weighted by Crippen LogP contribution is 2.24. The van der Waals surface area contributed by atoms with Gasteiger partial charge in [-0.05, 0) is 36.6 Å². The minimum absolute atomic E-state index is 0.160. The average molecular weight is 229 g/mol. The Balaban J connectivity index is 3.15. The number of hydrogen-bond donors (Lipinski definition) is 2. The third-order valence-corrected chi connectivity index (χ3v) is 2.45. The van der Waals surface area contributed by atoms with Crippen LogP contribution in [0.15, 0.2) is 12.1 Å². The smallest absolute Gasteiger partial charge is 0.338 e. The van der Waals surface area contributed by atoms with Gasteiger partial charge in [-0.2, -0.15) is 0 Å². The van der Waals surface area contributed by atoms with Crippen LogP contribution in [0.25, 0.3) is 0 Å². The second-order valence-electron chi connectivity index (χ2n) is 3.64. The third kappa shape index (κ3) is 2.55. The summed E-state index contributed by atoms with van der Waals surface area (Å²) in [7, 11) is 0. The van der Waals surface area contributed by atoms with Crippen LogP contribution in [0.2, 0.25) is 0 Å². The van der Waals surface area contributed by atoms with Crippen LogP contribution in [0.1, 0.15) is 35.2 Å². The van der Waals surface area contributed by atoms with Gasteiger partial charge in [-0.25, -0.2) is 13.6 Å². The highest BCUT2D eigenvalue weighted by Gasteiger charge is 2.18. The molecule has 0 saturated carbocycles. The van der Waals surface area contributed by atoms with Crippen molar-refractivity contribution < 1.29 is 18.7 Å².